The highest BCUT2D eigenvalue weighted by Gasteiger charge is 2.37. The highest BCUT2D eigenvalue weighted by Crippen LogP contribution is 2.34. The molecule has 0 amide bonds. The van der Waals surface area contributed by atoms with Crippen molar-refractivity contribution in [2.24, 2.45) is 0 Å². The zero-order valence-electron chi connectivity index (χ0n) is 12.5. The molecule has 0 saturated carbocycles. The Morgan fingerprint density at radius 1 is 1.14 bits per heavy atom. The number of aromatic nitrogens is 1. The summed E-state index contributed by atoms with van der Waals surface area (Å²) in [5.41, 5.74) is 1.65. The molecule has 1 aliphatic rings. The minimum Gasteiger partial charge on any atom is -0.348 e. The molecule has 1 aromatic heterocycles. The van der Waals surface area contributed by atoms with Gasteiger partial charge in [-0.15, -0.1) is 0 Å². The molecule has 5 nitrogen and oxygen atoms in total. The third-order valence-electron chi connectivity index (χ3n) is 3.94. The van der Waals surface area contributed by atoms with Crippen LogP contribution in [0.2, 0.25) is 0 Å². The molecule has 118 valence electrons. The van der Waals surface area contributed by atoms with Crippen LogP contribution in [0.1, 0.15) is 17.3 Å². The predicted molar refractivity (Wildman–Crippen MR) is 82.0 cm³/mol. The fourth-order valence-corrected chi connectivity index (χ4v) is 4.03. The summed E-state index contributed by atoms with van der Waals surface area (Å²) in [4.78, 5) is 0. The van der Waals surface area contributed by atoms with Crippen molar-refractivity contribution in [2.45, 2.75) is 12.6 Å². The third-order valence-corrected chi connectivity index (χ3v) is 5.85. The summed E-state index contributed by atoms with van der Waals surface area (Å²) in [6.07, 6.45) is 1.94. The van der Waals surface area contributed by atoms with E-state index in [1.807, 2.05) is 22.9 Å². The molecule has 3 rings (SSSR count). The van der Waals surface area contributed by atoms with Gasteiger partial charge < -0.3 is 4.57 Å². The summed E-state index contributed by atoms with van der Waals surface area (Å²) in [6, 6.07) is 9.36. The van der Waals surface area contributed by atoms with Gasteiger partial charge in [-0.3, -0.25) is 0 Å². The van der Waals surface area contributed by atoms with Gasteiger partial charge in [-0.1, -0.05) is 12.1 Å². The first-order chi connectivity index (χ1) is 10.4. The molecule has 0 spiro atoms. The van der Waals surface area contributed by atoms with Gasteiger partial charge in [0.1, 0.15) is 5.82 Å². The zero-order valence-corrected chi connectivity index (χ0v) is 13.3. The van der Waals surface area contributed by atoms with Gasteiger partial charge in [0.2, 0.25) is 0 Å². The van der Waals surface area contributed by atoms with Gasteiger partial charge in [-0.05, 0) is 29.8 Å². The monoisotopic (exact) mass is 323 g/mol. The lowest BCUT2D eigenvalue weighted by molar-refractivity contribution is 0.281. The van der Waals surface area contributed by atoms with Crippen LogP contribution in [0.3, 0.4) is 0 Å². The molecule has 1 atom stereocenters. The molecular weight excluding hydrogens is 305 g/mol. The maximum atomic E-state index is 13.2. The van der Waals surface area contributed by atoms with Crippen LogP contribution in [0.4, 0.5) is 4.39 Å². The van der Waals surface area contributed by atoms with E-state index in [0.717, 1.165) is 11.3 Å². The molecule has 0 bridgehead atoms. The molecule has 2 aromatic rings. The maximum Gasteiger partial charge on any atom is 0.282 e. The van der Waals surface area contributed by atoms with Gasteiger partial charge in [-0.25, -0.2) is 4.39 Å². The molecule has 0 saturated heterocycles. The summed E-state index contributed by atoms with van der Waals surface area (Å²) in [5.74, 6) is -0.336. The minimum absolute atomic E-state index is 0.336. The molecule has 0 N–H and O–H groups in total. The lowest BCUT2D eigenvalue weighted by Gasteiger charge is -2.37. The summed E-state index contributed by atoms with van der Waals surface area (Å²) in [7, 11) is -0.531. The van der Waals surface area contributed by atoms with Crippen molar-refractivity contribution in [1.82, 2.24) is 13.2 Å². The van der Waals surface area contributed by atoms with E-state index in [1.54, 1.807) is 12.1 Å². The third kappa shape index (κ3) is 2.45. The molecule has 22 heavy (non-hydrogen) atoms. The Hall–Kier alpha value is -1.70. The van der Waals surface area contributed by atoms with Crippen molar-refractivity contribution in [1.29, 1.82) is 0 Å². The Kier molecular flexibility index (Phi) is 3.80. The topological polar surface area (TPSA) is 45.6 Å². The second kappa shape index (κ2) is 5.49. The lowest BCUT2D eigenvalue weighted by Crippen LogP contribution is -2.47. The van der Waals surface area contributed by atoms with Crippen LogP contribution in [0, 0.1) is 5.82 Å². The van der Waals surface area contributed by atoms with Gasteiger partial charge >= 0.3 is 0 Å². The van der Waals surface area contributed by atoms with E-state index >= 15 is 0 Å². The molecule has 0 fully saturated rings. The van der Waals surface area contributed by atoms with Crippen LogP contribution in [0.15, 0.2) is 42.6 Å². The summed E-state index contributed by atoms with van der Waals surface area (Å²) in [5, 5.41) is 0. The van der Waals surface area contributed by atoms with Crippen molar-refractivity contribution in [3.8, 4) is 0 Å². The van der Waals surface area contributed by atoms with Gasteiger partial charge in [0.05, 0.1) is 6.04 Å². The van der Waals surface area contributed by atoms with Crippen LogP contribution in [-0.2, 0) is 16.8 Å². The standard InChI is InChI=1S/C15H18FN3O2S/c1-17(2)22(20,21)19-11-10-18-9-3-4-14(18)15(19)12-5-7-13(16)8-6-12/h3-9,15H,10-11H2,1-2H3. The number of nitrogens with zero attached hydrogens (tertiary/aromatic N) is 3. The van der Waals surface area contributed by atoms with Gasteiger partial charge in [-0.2, -0.15) is 17.0 Å². The molecule has 1 aliphatic heterocycles. The van der Waals surface area contributed by atoms with E-state index < -0.39 is 16.3 Å². The predicted octanol–water partition coefficient (Wildman–Crippen LogP) is 1.84. The number of hydrogen-bond acceptors (Lipinski definition) is 2. The smallest absolute Gasteiger partial charge is 0.282 e. The SMILES string of the molecule is CN(C)S(=O)(=O)N1CCn2cccc2C1c1ccc(F)cc1. The number of fused-ring (bicyclic) bond motifs is 1. The molecule has 1 aromatic carbocycles. The molecule has 0 radical (unpaired) electrons. The van der Waals surface area contributed by atoms with Crippen molar-refractivity contribution in [3.05, 3.63) is 59.7 Å². The second-order valence-electron chi connectivity index (χ2n) is 5.48. The van der Waals surface area contributed by atoms with E-state index in [0.29, 0.717) is 13.1 Å². The highest BCUT2D eigenvalue weighted by atomic mass is 32.2. The summed E-state index contributed by atoms with van der Waals surface area (Å²) in [6.45, 7) is 0.983. The summed E-state index contributed by atoms with van der Waals surface area (Å²) >= 11 is 0. The highest BCUT2D eigenvalue weighted by molar-refractivity contribution is 7.86. The number of rotatable bonds is 3. The van der Waals surface area contributed by atoms with Crippen LogP contribution in [0.5, 0.6) is 0 Å². The lowest BCUT2D eigenvalue weighted by atomic mass is 10.0. The molecular formula is C15H18FN3O2S. The van der Waals surface area contributed by atoms with Crippen molar-refractivity contribution < 1.29 is 12.8 Å². The van der Waals surface area contributed by atoms with Crippen molar-refractivity contribution in [2.75, 3.05) is 20.6 Å². The molecule has 2 heterocycles. The van der Waals surface area contributed by atoms with Gasteiger partial charge in [0.25, 0.3) is 10.2 Å². The van der Waals surface area contributed by atoms with Crippen LogP contribution >= 0.6 is 0 Å². The first kappa shape index (κ1) is 15.2. The Morgan fingerprint density at radius 3 is 2.45 bits per heavy atom. The Balaban J connectivity index is 2.13. The number of halogens is 1. The maximum absolute atomic E-state index is 13.2. The molecule has 1 unspecified atom stereocenters. The van der Waals surface area contributed by atoms with Crippen molar-refractivity contribution in [3.63, 3.8) is 0 Å². The zero-order chi connectivity index (χ0) is 15.9. The van der Waals surface area contributed by atoms with E-state index in [-0.39, 0.29) is 5.82 Å². The molecule has 7 heteroatoms. The van der Waals surface area contributed by atoms with E-state index in [2.05, 4.69) is 0 Å². The average molecular weight is 323 g/mol. The van der Waals surface area contributed by atoms with E-state index in [9.17, 15) is 12.8 Å². The minimum atomic E-state index is -3.57. The van der Waals surface area contributed by atoms with Crippen molar-refractivity contribution >= 4 is 10.2 Å². The first-order valence-electron chi connectivity index (χ1n) is 7.01. The Morgan fingerprint density at radius 2 is 1.82 bits per heavy atom. The van der Waals surface area contributed by atoms with Gasteiger partial charge in [0.15, 0.2) is 0 Å². The molecule has 0 aliphatic carbocycles. The largest absolute Gasteiger partial charge is 0.348 e. The van der Waals surface area contributed by atoms with Gasteiger partial charge in [0, 0.05) is 39.1 Å². The Labute approximate surface area is 129 Å². The van der Waals surface area contributed by atoms with Crippen LogP contribution in [-0.4, -0.2) is 42.2 Å². The normalized spacial score (nSPS) is 19.4. The number of hydrogen-bond donors (Lipinski definition) is 0. The van der Waals surface area contributed by atoms with E-state index in [4.69, 9.17) is 0 Å². The number of benzene rings is 1. The summed E-state index contributed by atoms with van der Waals surface area (Å²) < 4.78 is 43.2. The van der Waals surface area contributed by atoms with Crippen LogP contribution < -0.4 is 0 Å². The van der Waals surface area contributed by atoms with Crippen LogP contribution in [0.25, 0.3) is 0 Å². The fourth-order valence-electron chi connectivity index (χ4n) is 2.80. The van der Waals surface area contributed by atoms with E-state index in [1.165, 1.54) is 34.8 Å². The average Bonchev–Trinajstić information content (AvgIpc) is 2.95. The Bertz CT molecular complexity index is 768. The first-order valence-corrected chi connectivity index (χ1v) is 8.41. The fraction of sp³-hybridized carbons (Fsp3) is 0.333. The second-order valence-corrected chi connectivity index (χ2v) is 7.58. The quantitative estimate of drug-likeness (QED) is 0.865.